The lowest BCUT2D eigenvalue weighted by atomic mass is 10.0. The fourth-order valence-corrected chi connectivity index (χ4v) is 4.33. The van der Waals surface area contributed by atoms with E-state index >= 15 is 0 Å². The number of hydrogen-bond donors (Lipinski definition) is 1. The lowest BCUT2D eigenvalue weighted by Crippen LogP contribution is -2.17. The standard InChI is InChI=1S/C24H31N3/c1-18-8-11-24-21(15-18)22-17-25-13-6-4-3-5-7-23(22)27(24)14-12-20-10-9-19(2)26-16-20/h8-11,15-16,25H,3-7,12-14,17H2,1-2H3. The third-order valence-corrected chi connectivity index (χ3v) is 5.86. The minimum Gasteiger partial charge on any atom is -0.344 e. The third kappa shape index (κ3) is 4.08. The Balaban J connectivity index is 1.72. The van der Waals surface area contributed by atoms with Crippen molar-refractivity contribution in [2.24, 2.45) is 0 Å². The Labute approximate surface area is 162 Å². The van der Waals surface area contributed by atoms with Crippen LogP contribution >= 0.6 is 0 Å². The molecule has 0 fully saturated rings. The van der Waals surface area contributed by atoms with Crippen LogP contribution in [0.5, 0.6) is 0 Å². The van der Waals surface area contributed by atoms with Gasteiger partial charge in [-0.3, -0.25) is 4.98 Å². The molecule has 1 aliphatic heterocycles. The number of fused-ring (bicyclic) bond motifs is 3. The SMILES string of the molecule is Cc1ccc2c(c1)c1c(n2CCc2ccc(C)nc2)CCCCCCNC1. The van der Waals surface area contributed by atoms with E-state index in [9.17, 15) is 0 Å². The third-order valence-electron chi connectivity index (χ3n) is 5.86. The molecule has 0 spiro atoms. The number of pyridine rings is 1. The molecule has 0 atom stereocenters. The van der Waals surface area contributed by atoms with Crippen LogP contribution in [-0.2, 0) is 25.9 Å². The summed E-state index contributed by atoms with van der Waals surface area (Å²) < 4.78 is 2.59. The molecule has 0 aliphatic carbocycles. The van der Waals surface area contributed by atoms with Crippen molar-refractivity contribution >= 4 is 10.9 Å². The topological polar surface area (TPSA) is 29.9 Å². The highest BCUT2D eigenvalue weighted by Gasteiger charge is 2.17. The molecule has 3 heteroatoms. The minimum absolute atomic E-state index is 0.994. The van der Waals surface area contributed by atoms with Crippen molar-refractivity contribution in [1.29, 1.82) is 0 Å². The molecule has 1 N–H and O–H groups in total. The van der Waals surface area contributed by atoms with Gasteiger partial charge in [0.2, 0.25) is 0 Å². The van der Waals surface area contributed by atoms with Gasteiger partial charge in [0, 0.05) is 41.6 Å². The van der Waals surface area contributed by atoms with Gasteiger partial charge in [-0.05, 0) is 75.4 Å². The summed E-state index contributed by atoms with van der Waals surface area (Å²) in [5, 5.41) is 5.14. The highest BCUT2D eigenvalue weighted by molar-refractivity contribution is 5.86. The summed E-state index contributed by atoms with van der Waals surface area (Å²) in [5.74, 6) is 0. The summed E-state index contributed by atoms with van der Waals surface area (Å²) >= 11 is 0. The van der Waals surface area contributed by atoms with E-state index in [4.69, 9.17) is 0 Å². The zero-order valence-electron chi connectivity index (χ0n) is 16.7. The van der Waals surface area contributed by atoms with Gasteiger partial charge in [0.25, 0.3) is 0 Å². The highest BCUT2D eigenvalue weighted by Crippen LogP contribution is 2.30. The van der Waals surface area contributed by atoms with Crippen molar-refractivity contribution in [3.05, 3.63) is 64.6 Å². The molecule has 0 saturated heterocycles. The number of nitrogens with one attached hydrogen (secondary N) is 1. The number of aromatic nitrogens is 2. The molecule has 0 saturated carbocycles. The van der Waals surface area contributed by atoms with Gasteiger partial charge in [-0.25, -0.2) is 0 Å². The fourth-order valence-electron chi connectivity index (χ4n) is 4.33. The molecule has 3 nitrogen and oxygen atoms in total. The van der Waals surface area contributed by atoms with Gasteiger partial charge in [-0.15, -0.1) is 0 Å². The summed E-state index contributed by atoms with van der Waals surface area (Å²) in [5.41, 5.74) is 8.22. The first kappa shape index (κ1) is 18.2. The van der Waals surface area contributed by atoms with Crippen molar-refractivity contribution < 1.29 is 0 Å². The summed E-state index contributed by atoms with van der Waals surface area (Å²) in [4.78, 5) is 4.47. The van der Waals surface area contributed by atoms with Crippen molar-refractivity contribution in [3.8, 4) is 0 Å². The molecule has 3 aromatic rings. The van der Waals surface area contributed by atoms with Crippen molar-refractivity contribution in [1.82, 2.24) is 14.9 Å². The summed E-state index contributed by atoms with van der Waals surface area (Å²) in [6, 6.07) is 11.3. The normalized spacial score (nSPS) is 15.6. The quantitative estimate of drug-likeness (QED) is 0.703. The van der Waals surface area contributed by atoms with Crippen LogP contribution in [0.15, 0.2) is 36.5 Å². The van der Waals surface area contributed by atoms with E-state index in [1.54, 1.807) is 5.69 Å². The molecule has 1 aromatic carbocycles. The van der Waals surface area contributed by atoms with E-state index in [2.05, 4.69) is 52.1 Å². The molecule has 0 bridgehead atoms. The zero-order chi connectivity index (χ0) is 18.6. The van der Waals surface area contributed by atoms with E-state index in [0.29, 0.717) is 0 Å². The number of nitrogens with zero attached hydrogens (tertiary/aromatic N) is 2. The average Bonchev–Trinajstić information content (AvgIpc) is 2.96. The van der Waals surface area contributed by atoms with Crippen molar-refractivity contribution in [2.75, 3.05) is 6.54 Å². The molecule has 27 heavy (non-hydrogen) atoms. The van der Waals surface area contributed by atoms with Crippen LogP contribution in [-0.4, -0.2) is 16.1 Å². The predicted molar refractivity (Wildman–Crippen MR) is 113 cm³/mol. The second-order valence-corrected chi connectivity index (χ2v) is 8.00. The van der Waals surface area contributed by atoms with Gasteiger partial charge < -0.3 is 9.88 Å². The fraction of sp³-hybridized carbons (Fsp3) is 0.458. The number of hydrogen-bond acceptors (Lipinski definition) is 2. The first-order valence-corrected chi connectivity index (χ1v) is 10.5. The minimum atomic E-state index is 0.994. The van der Waals surface area contributed by atoms with E-state index in [1.807, 2.05) is 13.1 Å². The Bertz CT molecular complexity index is 906. The van der Waals surface area contributed by atoms with Gasteiger partial charge in [-0.2, -0.15) is 0 Å². The number of aryl methyl sites for hydroxylation is 4. The summed E-state index contributed by atoms with van der Waals surface area (Å²) in [7, 11) is 0. The first-order chi connectivity index (χ1) is 13.2. The van der Waals surface area contributed by atoms with E-state index in [1.165, 1.54) is 59.7 Å². The molecule has 4 rings (SSSR count). The maximum Gasteiger partial charge on any atom is 0.0486 e. The van der Waals surface area contributed by atoms with Gasteiger partial charge >= 0.3 is 0 Å². The van der Waals surface area contributed by atoms with E-state index in [-0.39, 0.29) is 0 Å². The van der Waals surface area contributed by atoms with E-state index in [0.717, 1.165) is 31.7 Å². The van der Waals surface area contributed by atoms with Crippen LogP contribution in [0.4, 0.5) is 0 Å². The van der Waals surface area contributed by atoms with Crippen molar-refractivity contribution in [2.45, 2.75) is 65.5 Å². The lowest BCUT2D eigenvalue weighted by molar-refractivity contribution is 0.557. The molecule has 142 valence electrons. The number of benzene rings is 1. The summed E-state index contributed by atoms with van der Waals surface area (Å²) in [6.45, 7) is 7.41. The monoisotopic (exact) mass is 361 g/mol. The van der Waals surface area contributed by atoms with Crippen molar-refractivity contribution in [3.63, 3.8) is 0 Å². The Morgan fingerprint density at radius 1 is 1.04 bits per heavy atom. The highest BCUT2D eigenvalue weighted by atomic mass is 15.0. The van der Waals surface area contributed by atoms with E-state index < -0.39 is 0 Å². The zero-order valence-corrected chi connectivity index (χ0v) is 16.7. The van der Waals surface area contributed by atoms with Gasteiger partial charge in [-0.1, -0.05) is 30.5 Å². The molecule has 3 heterocycles. The summed E-state index contributed by atoms with van der Waals surface area (Å²) in [6.07, 6.45) is 9.54. The molecule has 1 aliphatic rings. The molecule has 0 radical (unpaired) electrons. The largest absolute Gasteiger partial charge is 0.344 e. The van der Waals surface area contributed by atoms with Crippen LogP contribution in [0.2, 0.25) is 0 Å². The number of rotatable bonds is 3. The first-order valence-electron chi connectivity index (χ1n) is 10.5. The maximum absolute atomic E-state index is 4.47. The predicted octanol–water partition coefficient (Wildman–Crippen LogP) is 5.10. The second kappa shape index (κ2) is 8.26. The van der Waals surface area contributed by atoms with Gasteiger partial charge in [0.05, 0.1) is 0 Å². The van der Waals surface area contributed by atoms with Crippen LogP contribution in [0.1, 0.15) is 53.8 Å². The lowest BCUT2D eigenvalue weighted by Gasteiger charge is -2.15. The Morgan fingerprint density at radius 2 is 1.93 bits per heavy atom. The average molecular weight is 362 g/mol. The Morgan fingerprint density at radius 3 is 2.78 bits per heavy atom. The van der Waals surface area contributed by atoms with Crippen LogP contribution in [0, 0.1) is 13.8 Å². The molecular weight excluding hydrogens is 330 g/mol. The second-order valence-electron chi connectivity index (χ2n) is 8.00. The molecule has 0 amide bonds. The van der Waals surface area contributed by atoms with Gasteiger partial charge in [0.1, 0.15) is 0 Å². The maximum atomic E-state index is 4.47. The van der Waals surface area contributed by atoms with Gasteiger partial charge in [0.15, 0.2) is 0 Å². The smallest absolute Gasteiger partial charge is 0.0486 e. The molecule has 2 aromatic heterocycles. The molecule has 0 unspecified atom stereocenters. The van der Waals surface area contributed by atoms with Crippen LogP contribution < -0.4 is 5.32 Å². The Hall–Kier alpha value is -2.13. The Kier molecular flexibility index (Phi) is 5.58. The van der Waals surface area contributed by atoms with Crippen LogP contribution in [0.25, 0.3) is 10.9 Å². The van der Waals surface area contributed by atoms with Crippen LogP contribution in [0.3, 0.4) is 0 Å². The molecular formula is C24H31N3.